The molecule has 2 saturated heterocycles. The van der Waals surface area contributed by atoms with Crippen molar-refractivity contribution in [1.82, 2.24) is 15.5 Å². The SMILES string of the molecule is CC.COc1cc(CN2C(=O)NC3(CCNCC3)C2=O)cc(OC)c1. The summed E-state index contributed by atoms with van der Waals surface area (Å²) in [7, 11) is 3.13. The number of ether oxygens (including phenoxy) is 2. The van der Waals surface area contributed by atoms with Gasteiger partial charge in [0.2, 0.25) is 0 Å². The number of benzene rings is 1. The second-order valence-electron chi connectivity index (χ2n) is 5.87. The molecule has 0 saturated carbocycles. The maximum atomic E-state index is 12.8. The van der Waals surface area contributed by atoms with Gasteiger partial charge in [-0.25, -0.2) is 4.79 Å². The molecule has 0 radical (unpaired) electrons. The Labute approximate surface area is 148 Å². The minimum atomic E-state index is -0.745. The van der Waals surface area contributed by atoms with Gasteiger partial charge in [0, 0.05) is 6.07 Å². The van der Waals surface area contributed by atoms with Gasteiger partial charge in [0.1, 0.15) is 17.0 Å². The minimum Gasteiger partial charge on any atom is -0.497 e. The van der Waals surface area contributed by atoms with E-state index < -0.39 is 5.54 Å². The largest absolute Gasteiger partial charge is 0.497 e. The normalized spacial score (nSPS) is 18.5. The summed E-state index contributed by atoms with van der Waals surface area (Å²) in [5, 5.41) is 6.09. The third kappa shape index (κ3) is 3.87. The van der Waals surface area contributed by atoms with Crippen molar-refractivity contribution in [2.45, 2.75) is 38.8 Å². The van der Waals surface area contributed by atoms with Crippen LogP contribution < -0.4 is 20.1 Å². The lowest BCUT2D eigenvalue weighted by Crippen LogP contribution is -2.53. The average Bonchev–Trinajstić information content (AvgIpc) is 2.87. The van der Waals surface area contributed by atoms with E-state index in [1.54, 1.807) is 32.4 Å². The highest BCUT2D eigenvalue weighted by atomic mass is 16.5. The molecule has 2 aliphatic rings. The lowest BCUT2D eigenvalue weighted by atomic mass is 9.88. The van der Waals surface area contributed by atoms with Crippen LogP contribution in [0.25, 0.3) is 0 Å². The highest BCUT2D eigenvalue weighted by Crippen LogP contribution is 2.29. The predicted molar refractivity (Wildman–Crippen MR) is 94.8 cm³/mol. The first-order chi connectivity index (χ1) is 12.1. The molecule has 2 heterocycles. The summed E-state index contributed by atoms with van der Waals surface area (Å²) < 4.78 is 10.5. The Bertz CT molecular complexity index is 604. The van der Waals surface area contributed by atoms with E-state index in [0.717, 1.165) is 18.7 Å². The van der Waals surface area contributed by atoms with Gasteiger partial charge in [-0.3, -0.25) is 9.69 Å². The molecule has 25 heavy (non-hydrogen) atoms. The summed E-state index contributed by atoms with van der Waals surface area (Å²) in [6.07, 6.45) is 1.24. The van der Waals surface area contributed by atoms with E-state index in [1.165, 1.54) is 4.90 Å². The van der Waals surface area contributed by atoms with E-state index in [-0.39, 0.29) is 18.5 Å². The van der Waals surface area contributed by atoms with Crippen molar-refractivity contribution in [2.75, 3.05) is 27.3 Å². The number of hydrogen-bond acceptors (Lipinski definition) is 5. The molecule has 138 valence electrons. The average molecular weight is 349 g/mol. The Morgan fingerprint density at radius 3 is 2.12 bits per heavy atom. The van der Waals surface area contributed by atoms with Gasteiger partial charge in [0.25, 0.3) is 5.91 Å². The zero-order valence-corrected chi connectivity index (χ0v) is 15.3. The molecule has 7 heteroatoms. The number of nitrogens with one attached hydrogen (secondary N) is 2. The minimum absolute atomic E-state index is 0.147. The van der Waals surface area contributed by atoms with E-state index in [2.05, 4.69) is 10.6 Å². The Hall–Kier alpha value is -2.28. The molecular formula is C18H27N3O4. The zero-order chi connectivity index (χ0) is 18.4. The molecule has 1 aromatic rings. The van der Waals surface area contributed by atoms with Crippen molar-refractivity contribution in [3.63, 3.8) is 0 Å². The molecule has 3 rings (SSSR count). The zero-order valence-electron chi connectivity index (χ0n) is 15.3. The van der Waals surface area contributed by atoms with Crippen molar-refractivity contribution in [2.24, 2.45) is 0 Å². The van der Waals surface area contributed by atoms with Gasteiger partial charge >= 0.3 is 6.03 Å². The molecule has 1 spiro atoms. The van der Waals surface area contributed by atoms with Crippen LogP contribution >= 0.6 is 0 Å². The summed E-state index contributed by atoms with van der Waals surface area (Å²) in [6.45, 7) is 5.66. The van der Waals surface area contributed by atoms with Gasteiger partial charge in [0.05, 0.1) is 20.8 Å². The third-order valence-electron chi connectivity index (χ3n) is 4.45. The molecule has 0 bridgehead atoms. The maximum Gasteiger partial charge on any atom is 0.325 e. The Balaban J connectivity index is 0.00000109. The highest BCUT2D eigenvalue weighted by Gasteiger charge is 2.51. The topological polar surface area (TPSA) is 79.9 Å². The number of amides is 3. The summed E-state index contributed by atoms with van der Waals surface area (Å²) in [5.74, 6) is 1.11. The van der Waals surface area contributed by atoms with Crippen LogP contribution in [0.2, 0.25) is 0 Å². The number of methoxy groups -OCH3 is 2. The second kappa shape index (κ2) is 8.20. The van der Waals surface area contributed by atoms with Gasteiger partial charge < -0.3 is 20.1 Å². The van der Waals surface area contributed by atoms with Crippen LogP contribution in [0.15, 0.2) is 18.2 Å². The van der Waals surface area contributed by atoms with Crippen molar-refractivity contribution < 1.29 is 19.1 Å². The quantitative estimate of drug-likeness (QED) is 0.812. The second-order valence-corrected chi connectivity index (χ2v) is 5.87. The number of imide groups is 1. The predicted octanol–water partition coefficient (Wildman–Crippen LogP) is 1.90. The highest BCUT2D eigenvalue weighted by molar-refractivity contribution is 6.07. The fraction of sp³-hybridized carbons (Fsp3) is 0.556. The lowest BCUT2D eigenvalue weighted by molar-refractivity contribution is -0.132. The van der Waals surface area contributed by atoms with Gasteiger partial charge in [-0.1, -0.05) is 13.8 Å². The molecule has 0 aromatic heterocycles. The van der Waals surface area contributed by atoms with Crippen LogP contribution in [0.1, 0.15) is 32.3 Å². The standard InChI is InChI=1S/C16H21N3O4.C2H6/c1-22-12-7-11(8-13(9-12)23-2)10-19-14(20)16(18-15(19)21)3-5-17-6-4-16;1-2/h7-9,17H,3-6,10H2,1-2H3,(H,18,21);1-2H3. The maximum absolute atomic E-state index is 12.8. The van der Waals surface area contributed by atoms with Crippen LogP contribution in [0, 0.1) is 0 Å². The van der Waals surface area contributed by atoms with Gasteiger partial charge in [-0.05, 0) is 43.6 Å². The molecule has 0 atom stereocenters. The van der Waals surface area contributed by atoms with Crippen molar-refractivity contribution in [3.05, 3.63) is 23.8 Å². The summed E-state index contributed by atoms with van der Waals surface area (Å²) >= 11 is 0. The van der Waals surface area contributed by atoms with E-state index in [4.69, 9.17) is 9.47 Å². The van der Waals surface area contributed by atoms with Gasteiger partial charge in [-0.2, -0.15) is 0 Å². The monoisotopic (exact) mass is 349 g/mol. The number of urea groups is 1. The fourth-order valence-electron chi connectivity index (χ4n) is 3.15. The first-order valence-corrected chi connectivity index (χ1v) is 8.65. The molecule has 2 aliphatic heterocycles. The first kappa shape index (κ1) is 19.1. The van der Waals surface area contributed by atoms with E-state index in [1.807, 2.05) is 13.8 Å². The molecular weight excluding hydrogens is 322 g/mol. The lowest BCUT2D eigenvalue weighted by Gasteiger charge is -2.31. The van der Waals surface area contributed by atoms with E-state index >= 15 is 0 Å². The van der Waals surface area contributed by atoms with Crippen LogP contribution in [0.5, 0.6) is 11.5 Å². The molecule has 2 fully saturated rings. The summed E-state index contributed by atoms with van der Waals surface area (Å²) in [5.41, 5.74) is 0.0429. The Kier molecular flexibility index (Phi) is 6.25. The Morgan fingerprint density at radius 1 is 1.04 bits per heavy atom. The summed E-state index contributed by atoms with van der Waals surface area (Å²) in [4.78, 5) is 26.3. The molecule has 2 N–H and O–H groups in total. The smallest absolute Gasteiger partial charge is 0.325 e. The first-order valence-electron chi connectivity index (χ1n) is 8.65. The fourth-order valence-corrected chi connectivity index (χ4v) is 3.15. The van der Waals surface area contributed by atoms with Gasteiger partial charge in [0.15, 0.2) is 0 Å². The van der Waals surface area contributed by atoms with Crippen molar-refractivity contribution in [3.8, 4) is 11.5 Å². The van der Waals surface area contributed by atoms with Crippen LogP contribution in [0.3, 0.4) is 0 Å². The number of carbonyl (C=O) groups is 2. The number of piperidine rings is 1. The van der Waals surface area contributed by atoms with Crippen LogP contribution in [-0.2, 0) is 11.3 Å². The van der Waals surface area contributed by atoms with E-state index in [0.29, 0.717) is 24.3 Å². The van der Waals surface area contributed by atoms with Crippen LogP contribution in [-0.4, -0.2) is 49.7 Å². The molecule has 3 amide bonds. The number of hydrogen-bond donors (Lipinski definition) is 2. The summed E-state index contributed by atoms with van der Waals surface area (Å²) in [6, 6.07) is 5.02. The molecule has 0 aliphatic carbocycles. The third-order valence-corrected chi connectivity index (χ3v) is 4.45. The number of rotatable bonds is 4. The van der Waals surface area contributed by atoms with Crippen molar-refractivity contribution in [1.29, 1.82) is 0 Å². The van der Waals surface area contributed by atoms with E-state index in [9.17, 15) is 9.59 Å². The van der Waals surface area contributed by atoms with Gasteiger partial charge in [-0.15, -0.1) is 0 Å². The molecule has 7 nitrogen and oxygen atoms in total. The molecule has 1 aromatic carbocycles. The number of nitrogens with zero attached hydrogens (tertiary/aromatic N) is 1. The van der Waals surface area contributed by atoms with Crippen LogP contribution in [0.4, 0.5) is 4.79 Å². The number of carbonyl (C=O) groups excluding carboxylic acids is 2. The van der Waals surface area contributed by atoms with Crippen molar-refractivity contribution >= 4 is 11.9 Å². The molecule has 0 unspecified atom stereocenters. The Morgan fingerprint density at radius 2 is 1.60 bits per heavy atom.